The maximum atomic E-state index is 14.3. The number of rotatable bonds is 10. The summed E-state index contributed by atoms with van der Waals surface area (Å²) in [5.41, 5.74) is 0.540. The van der Waals surface area contributed by atoms with Gasteiger partial charge in [0.2, 0.25) is 0 Å². The molecule has 3 rings (SSSR count). The van der Waals surface area contributed by atoms with Gasteiger partial charge in [-0.25, -0.2) is 4.39 Å². The van der Waals surface area contributed by atoms with E-state index in [4.69, 9.17) is 4.74 Å². The van der Waals surface area contributed by atoms with Crippen LogP contribution in [0.3, 0.4) is 0 Å². The third kappa shape index (κ3) is 7.71. The molecule has 4 heteroatoms. The summed E-state index contributed by atoms with van der Waals surface area (Å²) < 4.78 is 47.5. The average molecular weight is 449 g/mol. The molecular weight excluding hydrogens is 409 g/mol. The third-order valence-corrected chi connectivity index (χ3v) is 7.35. The molecular formula is C28H39F3O. The molecule has 1 aromatic carbocycles. The SMILES string of the molecule is C=CC1CCC(/C=C/C2CCC(CCC(F)(F)Oc3ccc(CCC)c(F)c3)CC2)CC1. The van der Waals surface area contributed by atoms with E-state index in [1.54, 1.807) is 6.07 Å². The molecule has 2 saturated carbocycles. The van der Waals surface area contributed by atoms with E-state index in [1.807, 2.05) is 6.92 Å². The first kappa shape index (κ1) is 24.9. The Hall–Kier alpha value is -1.71. The van der Waals surface area contributed by atoms with E-state index in [-0.39, 0.29) is 12.2 Å². The highest BCUT2D eigenvalue weighted by molar-refractivity contribution is 5.29. The Labute approximate surface area is 192 Å². The van der Waals surface area contributed by atoms with E-state index >= 15 is 0 Å². The van der Waals surface area contributed by atoms with Crippen LogP contribution >= 0.6 is 0 Å². The number of allylic oxidation sites excluding steroid dienone is 3. The van der Waals surface area contributed by atoms with Gasteiger partial charge in [0.25, 0.3) is 0 Å². The zero-order valence-electron chi connectivity index (χ0n) is 19.5. The molecule has 32 heavy (non-hydrogen) atoms. The van der Waals surface area contributed by atoms with Gasteiger partial charge in [-0.15, -0.1) is 6.58 Å². The summed E-state index contributed by atoms with van der Waals surface area (Å²) in [6.45, 7) is 5.87. The summed E-state index contributed by atoms with van der Waals surface area (Å²) in [7, 11) is 0. The predicted octanol–water partition coefficient (Wildman–Crippen LogP) is 8.89. The van der Waals surface area contributed by atoms with Gasteiger partial charge < -0.3 is 4.74 Å². The lowest BCUT2D eigenvalue weighted by Crippen LogP contribution is -2.26. The molecule has 0 amide bonds. The maximum absolute atomic E-state index is 14.3. The van der Waals surface area contributed by atoms with E-state index in [9.17, 15) is 13.2 Å². The van der Waals surface area contributed by atoms with Crippen LogP contribution in [0.2, 0.25) is 0 Å². The fraction of sp³-hybridized carbons (Fsp3) is 0.643. The number of hydrogen-bond acceptors (Lipinski definition) is 1. The number of halogens is 3. The minimum Gasteiger partial charge on any atom is -0.432 e. The number of hydrogen-bond donors (Lipinski definition) is 0. The molecule has 0 heterocycles. The molecule has 0 N–H and O–H groups in total. The Morgan fingerprint density at radius 1 is 0.969 bits per heavy atom. The summed E-state index contributed by atoms with van der Waals surface area (Å²) in [5, 5.41) is 0. The zero-order chi connectivity index (χ0) is 23.0. The third-order valence-electron chi connectivity index (χ3n) is 7.35. The van der Waals surface area contributed by atoms with Gasteiger partial charge in [-0.2, -0.15) is 8.78 Å². The minimum absolute atomic E-state index is 0.0941. The van der Waals surface area contributed by atoms with Crippen LogP contribution in [0.1, 0.15) is 83.1 Å². The van der Waals surface area contributed by atoms with Crippen LogP contribution in [-0.2, 0) is 6.42 Å². The Kier molecular flexibility index (Phi) is 9.31. The zero-order valence-corrected chi connectivity index (χ0v) is 19.5. The van der Waals surface area contributed by atoms with Crippen LogP contribution < -0.4 is 4.74 Å². The summed E-state index contributed by atoms with van der Waals surface area (Å²) in [4.78, 5) is 0. The Morgan fingerprint density at radius 2 is 1.56 bits per heavy atom. The highest BCUT2D eigenvalue weighted by Gasteiger charge is 2.33. The first-order valence-electron chi connectivity index (χ1n) is 12.5. The van der Waals surface area contributed by atoms with Crippen LogP contribution in [0.15, 0.2) is 43.0 Å². The van der Waals surface area contributed by atoms with E-state index in [1.165, 1.54) is 31.7 Å². The lowest BCUT2D eigenvalue weighted by atomic mass is 9.78. The van der Waals surface area contributed by atoms with Gasteiger partial charge in [-0.1, -0.05) is 37.6 Å². The largest absolute Gasteiger partial charge is 0.432 e. The Balaban J connectivity index is 1.38. The highest BCUT2D eigenvalue weighted by atomic mass is 19.3. The molecule has 0 saturated heterocycles. The molecule has 1 aromatic rings. The van der Waals surface area contributed by atoms with Crippen molar-refractivity contribution in [2.75, 3.05) is 0 Å². The van der Waals surface area contributed by atoms with Crippen molar-refractivity contribution in [3.63, 3.8) is 0 Å². The summed E-state index contributed by atoms with van der Waals surface area (Å²) in [6.07, 6.45) is 14.3. The second-order valence-corrected chi connectivity index (χ2v) is 9.86. The second-order valence-electron chi connectivity index (χ2n) is 9.86. The van der Waals surface area contributed by atoms with Gasteiger partial charge in [-0.3, -0.25) is 0 Å². The van der Waals surface area contributed by atoms with Crippen molar-refractivity contribution in [3.05, 3.63) is 54.4 Å². The molecule has 2 fully saturated rings. The Bertz CT molecular complexity index is 741. The molecule has 0 bridgehead atoms. The molecule has 2 aliphatic carbocycles. The van der Waals surface area contributed by atoms with Gasteiger partial charge in [0.15, 0.2) is 0 Å². The van der Waals surface area contributed by atoms with Crippen molar-refractivity contribution in [2.24, 2.45) is 23.7 Å². The molecule has 178 valence electrons. The van der Waals surface area contributed by atoms with Crippen LogP contribution in [-0.4, -0.2) is 6.11 Å². The second kappa shape index (κ2) is 12.0. The van der Waals surface area contributed by atoms with Gasteiger partial charge in [0.1, 0.15) is 11.6 Å². The van der Waals surface area contributed by atoms with Crippen molar-refractivity contribution in [1.29, 1.82) is 0 Å². The molecule has 2 aliphatic rings. The fourth-order valence-corrected chi connectivity index (χ4v) is 5.22. The van der Waals surface area contributed by atoms with Crippen molar-refractivity contribution < 1.29 is 17.9 Å². The predicted molar refractivity (Wildman–Crippen MR) is 125 cm³/mol. The van der Waals surface area contributed by atoms with Gasteiger partial charge in [0, 0.05) is 6.07 Å². The lowest BCUT2D eigenvalue weighted by molar-refractivity contribution is -0.183. The average Bonchev–Trinajstić information content (AvgIpc) is 2.79. The number of aryl methyl sites for hydroxylation is 1. The smallest absolute Gasteiger partial charge is 0.397 e. The number of alkyl halides is 2. The van der Waals surface area contributed by atoms with E-state index < -0.39 is 11.9 Å². The van der Waals surface area contributed by atoms with Crippen molar-refractivity contribution in [2.45, 2.75) is 90.1 Å². The van der Waals surface area contributed by atoms with Crippen molar-refractivity contribution in [1.82, 2.24) is 0 Å². The van der Waals surface area contributed by atoms with E-state index in [2.05, 4.69) is 24.8 Å². The summed E-state index contributed by atoms with van der Waals surface area (Å²) in [6, 6.07) is 4.08. The van der Waals surface area contributed by atoms with Crippen LogP contribution in [0.5, 0.6) is 5.75 Å². The molecule has 0 unspecified atom stereocenters. The van der Waals surface area contributed by atoms with Gasteiger partial charge in [-0.05, 0) is 99.5 Å². The standard InChI is InChI=1S/C28H39F3O/c1-3-5-25-16-17-26(20-27(25)29)32-28(30,31)19-18-24-14-12-23(13-15-24)11-10-22-8-6-21(4-2)7-9-22/h4,10-11,16-17,20-24H,2-3,5-9,12-15,18-19H2,1H3/b11-10+. The van der Waals surface area contributed by atoms with Crippen LogP contribution in [0, 0.1) is 29.5 Å². The van der Waals surface area contributed by atoms with Crippen LogP contribution in [0.4, 0.5) is 13.2 Å². The summed E-state index contributed by atoms with van der Waals surface area (Å²) in [5.74, 6) is 1.73. The van der Waals surface area contributed by atoms with Gasteiger partial charge in [0.05, 0.1) is 6.42 Å². The quantitative estimate of drug-likeness (QED) is 0.325. The molecule has 0 radical (unpaired) electrons. The maximum Gasteiger partial charge on any atom is 0.397 e. The van der Waals surface area contributed by atoms with Crippen molar-refractivity contribution in [3.8, 4) is 5.75 Å². The first-order chi connectivity index (χ1) is 15.4. The van der Waals surface area contributed by atoms with Gasteiger partial charge >= 0.3 is 6.11 Å². The van der Waals surface area contributed by atoms with Crippen LogP contribution in [0.25, 0.3) is 0 Å². The molecule has 0 aromatic heterocycles. The van der Waals surface area contributed by atoms with E-state index in [0.29, 0.717) is 42.1 Å². The number of benzene rings is 1. The number of ether oxygens (including phenoxy) is 1. The van der Waals surface area contributed by atoms with E-state index in [0.717, 1.165) is 38.2 Å². The molecule has 1 nitrogen and oxygen atoms in total. The highest BCUT2D eigenvalue weighted by Crippen LogP contribution is 2.37. The monoisotopic (exact) mass is 448 g/mol. The molecule has 0 aliphatic heterocycles. The Morgan fingerprint density at radius 3 is 2.12 bits per heavy atom. The normalized spacial score (nSPS) is 26.9. The van der Waals surface area contributed by atoms with Crippen molar-refractivity contribution >= 4 is 0 Å². The molecule has 0 atom stereocenters. The molecule has 0 spiro atoms. The fourth-order valence-electron chi connectivity index (χ4n) is 5.22. The lowest BCUT2D eigenvalue weighted by Gasteiger charge is -2.29. The minimum atomic E-state index is -3.26. The topological polar surface area (TPSA) is 9.23 Å². The first-order valence-corrected chi connectivity index (χ1v) is 12.5. The summed E-state index contributed by atoms with van der Waals surface area (Å²) >= 11 is 0.